The van der Waals surface area contributed by atoms with Crippen molar-refractivity contribution in [2.24, 2.45) is 5.10 Å². The summed E-state index contributed by atoms with van der Waals surface area (Å²) < 4.78 is 13.6. The highest BCUT2D eigenvalue weighted by molar-refractivity contribution is 6.33. The monoisotopic (exact) mass is 367 g/mol. The van der Waals surface area contributed by atoms with Crippen molar-refractivity contribution in [2.75, 3.05) is 6.54 Å². The molecule has 8 heteroatoms. The van der Waals surface area contributed by atoms with Crippen LogP contribution < -0.4 is 10.7 Å². The molecule has 0 saturated heterocycles. The molecule has 24 heavy (non-hydrogen) atoms. The second-order valence-corrected chi connectivity index (χ2v) is 5.47. The molecule has 0 radical (unpaired) electrons. The Morgan fingerprint density at radius 1 is 1.12 bits per heavy atom. The van der Waals surface area contributed by atoms with Crippen LogP contribution in [0.4, 0.5) is 4.39 Å². The number of hydrogen-bond donors (Lipinski definition) is 2. The van der Waals surface area contributed by atoms with E-state index in [1.54, 1.807) is 24.3 Å². The molecule has 124 valence electrons. The van der Waals surface area contributed by atoms with Crippen LogP contribution in [0.15, 0.2) is 47.6 Å². The second kappa shape index (κ2) is 8.42. The number of carbonyl (C=O) groups excluding carboxylic acids is 2. The Morgan fingerprint density at radius 2 is 1.83 bits per heavy atom. The van der Waals surface area contributed by atoms with Gasteiger partial charge in [0.2, 0.25) is 0 Å². The minimum absolute atomic E-state index is 0.0336. The molecule has 2 amide bonds. The number of rotatable bonds is 5. The molecule has 0 aliphatic heterocycles. The number of nitrogens with one attached hydrogen (secondary N) is 2. The summed E-state index contributed by atoms with van der Waals surface area (Å²) in [5, 5.41) is 6.56. The number of halogens is 3. The Bertz CT molecular complexity index is 759. The zero-order chi connectivity index (χ0) is 17.5. The van der Waals surface area contributed by atoms with E-state index in [2.05, 4.69) is 15.8 Å². The molecule has 5 nitrogen and oxygen atoms in total. The van der Waals surface area contributed by atoms with Gasteiger partial charge in [0.05, 0.1) is 23.3 Å². The van der Waals surface area contributed by atoms with Crippen LogP contribution >= 0.6 is 23.2 Å². The third kappa shape index (κ3) is 5.04. The Morgan fingerprint density at radius 3 is 2.50 bits per heavy atom. The number of hydrogen-bond acceptors (Lipinski definition) is 3. The van der Waals surface area contributed by atoms with Gasteiger partial charge >= 0.3 is 0 Å². The van der Waals surface area contributed by atoms with E-state index in [0.717, 1.165) is 11.6 Å². The predicted molar refractivity (Wildman–Crippen MR) is 90.9 cm³/mol. The summed E-state index contributed by atoms with van der Waals surface area (Å²) in [6.45, 7) is -0.374. The van der Waals surface area contributed by atoms with Crippen molar-refractivity contribution in [2.45, 2.75) is 0 Å². The third-order valence-corrected chi connectivity index (χ3v) is 3.44. The summed E-state index contributed by atoms with van der Waals surface area (Å²) in [7, 11) is 0. The summed E-state index contributed by atoms with van der Waals surface area (Å²) in [6.07, 6.45) is 1.42. The van der Waals surface area contributed by atoms with Crippen molar-refractivity contribution in [1.82, 2.24) is 10.7 Å². The van der Waals surface area contributed by atoms with Crippen LogP contribution in [-0.2, 0) is 4.79 Å². The van der Waals surface area contributed by atoms with E-state index in [1.807, 2.05) is 0 Å². The fourth-order valence-corrected chi connectivity index (χ4v) is 2.11. The summed E-state index contributed by atoms with van der Waals surface area (Å²) in [5.41, 5.74) is 2.67. The van der Waals surface area contributed by atoms with E-state index in [0.29, 0.717) is 5.02 Å². The van der Waals surface area contributed by atoms with Gasteiger partial charge in [-0.15, -0.1) is 0 Å². The molecule has 0 aromatic heterocycles. The molecule has 0 heterocycles. The van der Waals surface area contributed by atoms with E-state index in [4.69, 9.17) is 23.2 Å². The first-order valence-corrected chi connectivity index (χ1v) is 7.52. The summed E-state index contributed by atoms with van der Waals surface area (Å²) in [4.78, 5) is 23.5. The van der Waals surface area contributed by atoms with Gasteiger partial charge in [-0.1, -0.05) is 41.4 Å². The molecule has 2 N–H and O–H groups in total. The Kier molecular flexibility index (Phi) is 6.28. The van der Waals surface area contributed by atoms with Crippen molar-refractivity contribution in [3.05, 3.63) is 69.5 Å². The molecular formula is C16H12Cl2FN3O2. The largest absolute Gasteiger partial charge is 0.343 e. The van der Waals surface area contributed by atoms with Gasteiger partial charge in [0.15, 0.2) is 0 Å². The normalized spacial score (nSPS) is 10.6. The van der Waals surface area contributed by atoms with Crippen LogP contribution in [0, 0.1) is 5.82 Å². The number of amides is 2. The quantitative estimate of drug-likeness (QED) is 0.629. The molecule has 0 unspecified atom stereocenters. The first kappa shape index (κ1) is 17.9. The molecular weight excluding hydrogens is 356 g/mol. The lowest BCUT2D eigenvalue weighted by atomic mass is 10.2. The third-order valence-electron chi connectivity index (χ3n) is 2.87. The lowest BCUT2D eigenvalue weighted by molar-refractivity contribution is -0.120. The number of hydrazone groups is 1. The maximum atomic E-state index is 13.6. The lowest BCUT2D eigenvalue weighted by Crippen LogP contribution is -2.35. The van der Waals surface area contributed by atoms with Gasteiger partial charge in [-0.25, -0.2) is 9.82 Å². The number of benzene rings is 2. The topological polar surface area (TPSA) is 70.6 Å². The lowest BCUT2D eigenvalue weighted by Gasteiger charge is -2.06. The second-order valence-electron chi connectivity index (χ2n) is 4.62. The average Bonchev–Trinajstić information content (AvgIpc) is 2.54. The van der Waals surface area contributed by atoms with Gasteiger partial charge in [0, 0.05) is 5.02 Å². The maximum absolute atomic E-state index is 13.6. The molecule has 2 rings (SSSR count). The van der Waals surface area contributed by atoms with Crippen molar-refractivity contribution < 1.29 is 14.0 Å². The standard InChI is InChI=1S/C16H12Cl2FN3O2/c17-11-6-4-10(5-7-11)8-21-22-14(23)9-20-16(24)15-12(18)2-1-3-13(15)19/h1-8H,9H2,(H,20,24)(H,22,23)/b21-8-. The van der Waals surface area contributed by atoms with Crippen LogP contribution in [0.5, 0.6) is 0 Å². The number of nitrogens with zero attached hydrogens (tertiary/aromatic N) is 1. The fourth-order valence-electron chi connectivity index (χ4n) is 1.73. The van der Waals surface area contributed by atoms with Crippen molar-refractivity contribution in [3.63, 3.8) is 0 Å². The molecule has 0 aliphatic rings. The Hall–Kier alpha value is -2.44. The molecule has 2 aromatic rings. The van der Waals surface area contributed by atoms with Crippen molar-refractivity contribution >= 4 is 41.2 Å². The zero-order valence-electron chi connectivity index (χ0n) is 12.2. The molecule has 0 fully saturated rings. The molecule has 0 bridgehead atoms. The van der Waals surface area contributed by atoms with Crippen molar-refractivity contribution in [1.29, 1.82) is 0 Å². The zero-order valence-corrected chi connectivity index (χ0v) is 13.7. The Balaban J connectivity index is 1.85. The molecule has 0 spiro atoms. The van der Waals surface area contributed by atoms with Gasteiger partial charge in [-0.3, -0.25) is 9.59 Å². The van der Waals surface area contributed by atoms with E-state index < -0.39 is 17.6 Å². The summed E-state index contributed by atoms with van der Waals surface area (Å²) >= 11 is 11.5. The molecule has 2 aromatic carbocycles. The predicted octanol–water partition coefficient (Wildman–Crippen LogP) is 3.01. The smallest absolute Gasteiger partial charge is 0.259 e. The van der Waals surface area contributed by atoms with E-state index in [-0.39, 0.29) is 17.1 Å². The fraction of sp³-hybridized carbons (Fsp3) is 0.0625. The summed E-state index contributed by atoms with van der Waals surface area (Å²) in [5.74, 6) is -2.11. The molecule has 0 saturated carbocycles. The van der Waals surface area contributed by atoms with Gasteiger partial charge in [0.25, 0.3) is 11.8 Å². The van der Waals surface area contributed by atoms with Crippen LogP contribution in [0.2, 0.25) is 10.0 Å². The van der Waals surface area contributed by atoms with Crippen molar-refractivity contribution in [3.8, 4) is 0 Å². The van der Waals surface area contributed by atoms with Crippen LogP contribution in [0.25, 0.3) is 0 Å². The minimum atomic E-state index is -0.782. The summed E-state index contributed by atoms with van der Waals surface area (Å²) in [6, 6.07) is 10.7. The van der Waals surface area contributed by atoms with Gasteiger partial charge < -0.3 is 5.32 Å². The highest BCUT2D eigenvalue weighted by Gasteiger charge is 2.16. The maximum Gasteiger partial charge on any atom is 0.259 e. The molecule has 0 atom stereocenters. The van der Waals surface area contributed by atoms with Gasteiger partial charge in [-0.05, 0) is 29.8 Å². The Labute approximate surface area is 147 Å². The molecule has 0 aliphatic carbocycles. The first-order valence-electron chi connectivity index (χ1n) is 6.77. The average molecular weight is 368 g/mol. The van der Waals surface area contributed by atoms with Crippen LogP contribution in [-0.4, -0.2) is 24.6 Å². The number of carbonyl (C=O) groups is 2. The van der Waals surface area contributed by atoms with E-state index in [9.17, 15) is 14.0 Å². The highest BCUT2D eigenvalue weighted by atomic mass is 35.5. The van der Waals surface area contributed by atoms with Gasteiger partial charge in [0.1, 0.15) is 5.82 Å². The van der Waals surface area contributed by atoms with E-state index in [1.165, 1.54) is 18.3 Å². The van der Waals surface area contributed by atoms with E-state index >= 15 is 0 Å². The SMILES string of the molecule is O=C(CNC(=O)c1c(F)cccc1Cl)N/N=C\c1ccc(Cl)cc1. The minimum Gasteiger partial charge on any atom is -0.343 e. The first-order chi connectivity index (χ1) is 11.5. The van der Waals surface area contributed by atoms with Gasteiger partial charge in [-0.2, -0.15) is 5.10 Å². The van der Waals surface area contributed by atoms with Crippen LogP contribution in [0.3, 0.4) is 0 Å². The van der Waals surface area contributed by atoms with Crippen LogP contribution in [0.1, 0.15) is 15.9 Å². The highest BCUT2D eigenvalue weighted by Crippen LogP contribution is 2.18.